The number of aromatic nitrogens is 2. The van der Waals surface area contributed by atoms with Crippen molar-refractivity contribution >= 4 is 21.6 Å². The van der Waals surface area contributed by atoms with Crippen LogP contribution in [-0.2, 0) is 0 Å². The maximum atomic E-state index is 5.78. The number of nitrogens with zero attached hydrogens (tertiary/aromatic N) is 2. The van der Waals surface area contributed by atoms with Crippen molar-refractivity contribution in [1.29, 1.82) is 0 Å². The van der Waals surface area contributed by atoms with Gasteiger partial charge >= 0.3 is 0 Å². The van der Waals surface area contributed by atoms with Crippen molar-refractivity contribution in [1.82, 2.24) is 9.38 Å². The predicted octanol–water partition coefficient (Wildman–Crippen LogP) is 2.42. The SMILES string of the molecule is Cc1cc(Br)cn2cc(C(C)N)nc12. The van der Waals surface area contributed by atoms with E-state index < -0.39 is 0 Å². The van der Waals surface area contributed by atoms with Crippen molar-refractivity contribution in [2.45, 2.75) is 19.9 Å². The van der Waals surface area contributed by atoms with E-state index in [0.717, 1.165) is 21.4 Å². The molecule has 0 saturated heterocycles. The minimum Gasteiger partial charge on any atom is -0.323 e. The lowest BCUT2D eigenvalue weighted by Crippen LogP contribution is -2.04. The van der Waals surface area contributed by atoms with Gasteiger partial charge in [0.25, 0.3) is 0 Å². The molecule has 0 fully saturated rings. The third kappa shape index (κ3) is 1.55. The first-order valence-electron chi connectivity index (χ1n) is 4.48. The van der Waals surface area contributed by atoms with Crippen LogP contribution in [-0.4, -0.2) is 9.38 Å². The monoisotopic (exact) mass is 253 g/mol. The van der Waals surface area contributed by atoms with Gasteiger partial charge in [0.05, 0.1) is 5.69 Å². The second-order valence-corrected chi connectivity index (χ2v) is 4.44. The Labute approximate surface area is 91.1 Å². The minimum atomic E-state index is -0.0203. The molecular weight excluding hydrogens is 242 g/mol. The number of imidazole rings is 1. The summed E-state index contributed by atoms with van der Waals surface area (Å²) in [6.45, 7) is 3.98. The first-order chi connectivity index (χ1) is 6.58. The summed E-state index contributed by atoms with van der Waals surface area (Å²) in [5, 5.41) is 0. The highest BCUT2D eigenvalue weighted by Crippen LogP contribution is 2.18. The van der Waals surface area contributed by atoms with Crippen LogP contribution in [0.1, 0.15) is 24.2 Å². The van der Waals surface area contributed by atoms with Crippen LogP contribution in [0.3, 0.4) is 0 Å². The Bertz CT molecular complexity index is 473. The van der Waals surface area contributed by atoms with Gasteiger partial charge in [0.1, 0.15) is 5.65 Å². The second kappa shape index (κ2) is 3.37. The van der Waals surface area contributed by atoms with Crippen LogP contribution < -0.4 is 5.73 Å². The summed E-state index contributed by atoms with van der Waals surface area (Å²) in [6, 6.07) is 2.03. The summed E-state index contributed by atoms with van der Waals surface area (Å²) in [5.74, 6) is 0. The standard InChI is InChI=1S/C10H12BrN3/c1-6-3-8(11)4-14-5-9(7(2)12)13-10(6)14/h3-5,7H,12H2,1-2H3. The summed E-state index contributed by atoms with van der Waals surface area (Å²) in [5.41, 5.74) is 8.82. The van der Waals surface area contributed by atoms with E-state index in [1.807, 2.05) is 36.7 Å². The highest BCUT2D eigenvalue weighted by Gasteiger charge is 2.07. The van der Waals surface area contributed by atoms with Crippen LogP contribution in [0.15, 0.2) is 22.9 Å². The molecular formula is C10H12BrN3. The van der Waals surface area contributed by atoms with Crippen molar-refractivity contribution in [3.05, 3.63) is 34.2 Å². The number of halogens is 1. The normalized spacial score (nSPS) is 13.4. The third-order valence-electron chi connectivity index (χ3n) is 2.19. The van der Waals surface area contributed by atoms with Gasteiger partial charge in [-0.05, 0) is 41.4 Å². The van der Waals surface area contributed by atoms with Crippen LogP contribution in [0.4, 0.5) is 0 Å². The van der Waals surface area contributed by atoms with Gasteiger partial charge in [0.15, 0.2) is 0 Å². The second-order valence-electron chi connectivity index (χ2n) is 3.53. The van der Waals surface area contributed by atoms with Crippen LogP contribution in [0, 0.1) is 6.92 Å². The van der Waals surface area contributed by atoms with E-state index in [2.05, 4.69) is 20.9 Å². The molecule has 74 valence electrons. The molecule has 2 aromatic heterocycles. The van der Waals surface area contributed by atoms with E-state index in [9.17, 15) is 0 Å². The van der Waals surface area contributed by atoms with Gasteiger partial charge in [-0.3, -0.25) is 0 Å². The molecule has 0 saturated carbocycles. The number of hydrogen-bond donors (Lipinski definition) is 1. The molecule has 0 aliphatic heterocycles. The maximum absolute atomic E-state index is 5.78. The molecule has 0 spiro atoms. The molecule has 0 bridgehead atoms. The lowest BCUT2D eigenvalue weighted by Gasteiger charge is -1.97. The van der Waals surface area contributed by atoms with E-state index in [4.69, 9.17) is 5.73 Å². The Morgan fingerprint density at radius 3 is 2.86 bits per heavy atom. The zero-order valence-electron chi connectivity index (χ0n) is 8.16. The largest absolute Gasteiger partial charge is 0.323 e. The van der Waals surface area contributed by atoms with Gasteiger partial charge in [0, 0.05) is 22.9 Å². The molecule has 0 aliphatic carbocycles. The van der Waals surface area contributed by atoms with Gasteiger partial charge in [-0.15, -0.1) is 0 Å². The summed E-state index contributed by atoms with van der Waals surface area (Å²) < 4.78 is 3.05. The molecule has 0 aliphatic rings. The number of hydrogen-bond acceptors (Lipinski definition) is 2. The van der Waals surface area contributed by atoms with Gasteiger partial charge in [0.2, 0.25) is 0 Å². The van der Waals surface area contributed by atoms with Crippen LogP contribution in [0.25, 0.3) is 5.65 Å². The molecule has 4 heteroatoms. The molecule has 1 unspecified atom stereocenters. The Kier molecular flexibility index (Phi) is 2.33. The van der Waals surface area contributed by atoms with E-state index in [1.165, 1.54) is 0 Å². The first kappa shape index (κ1) is 9.68. The van der Waals surface area contributed by atoms with Crippen LogP contribution in [0.2, 0.25) is 0 Å². The smallest absolute Gasteiger partial charge is 0.140 e. The molecule has 0 aromatic carbocycles. The number of pyridine rings is 1. The van der Waals surface area contributed by atoms with Gasteiger partial charge in [-0.2, -0.15) is 0 Å². The lowest BCUT2D eigenvalue weighted by molar-refractivity contribution is 0.790. The van der Waals surface area contributed by atoms with Crippen LogP contribution in [0.5, 0.6) is 0 Å². The number of rotatable bonds is 1. The maximum Gasteiger partial charge on any atom is 0.140 e. The minimum absolute atomic E-state index is 0.0203. The molecule has 2 rings (SSSR count). The van der Waals surface area contributed by atoms with Crippen molar-refractivity contribution < 1.29 is 0 Å². The van der Waals surface area contributed by atoms with Gasteiger partial charge in [-0.25, -0.2) is 4.98 Å². The Morgan fingerprint density at radius 2 is 2.21 bits per heavy atom. The number of aryl methyl sites for hydroxylation is 1. The van der Waals surface area contributed by atoms with Crippen molar-refractivity contribution in [3.8, 4) is 0 Å². The van der Waals surface area contributed by atoms with E-state index in [-0.39, 0.29) is 6.04 Å². The van der Waals surface area contributed by atoms with Crippen molar-refractivity contribution in [2.24, 2.45) is 5.73 Å². The highest BCUT2D eigenvalue weighted by atomic mass is 79.9. The fraction of sp³-hybridized carbons (Fsp3) is 0.300. The van der Waals surface area contributed by atoms with Crippen molar-refractivity contribution in [2.75, 3.05) is 0 Å². The molecule has 14 heavy (non-hydrogen) atoms. The molecule has 1 atom stereocenters. The molecule has 2 aromatic rings. The molecule has 0 amide bonds. The fourth-order valence-corrected chi connectivity index (χ4v) is 2.03. The van der Waals surface area contributed by atoms with E-state index in [0.29, 0.717) is 0 Å². The number of fused-ring (bicyclic) bond motifs is 1. The summed E-state index contributed by atoms with van der Waals surface area (Å²) in [7, 11) is 0. The lowest BCUT2D eigenvalue weighted by atomic mass is 10.3. The predicted molar refractivity (Wildman–Crippen MR) is 60.2 cm³/mol. The molecule has 2 N–H and O–H groups in total. The van der Waals surface area contributed by atoms with E-state index in [1.54, 1.807) is 0 Å². The Morgan fingerprint density at radius 1 is 1.50 bits per heavy atom. The highest BCUT2D eigenvalue weighted by molar-refractivity contribution is 9.10. The molecule has 2 heterocycles. The summed E-state index contributed by atoms with van der Waals surface area (Å²) >= 11 is 3.45. The average Bonchev–Trinajstić information content (AvgIpc) is 2.47. The topological polar surface area (TPSA) is 43.3 Å². The molecule has 3 nitrogen and oxygen atoms in total. The molecule has 0 radical (unpaired) electrons. The van der Waals surface area contributed by atoms with E-state index >= 15 is 0 Å². The Balaban J connectivity index is 2.70. The quantitative estimate of drug-likeness (QED) is 0.849. The van der Waals surface area contributed by atoms with Gasteiger partial charge < -0.3 is 10.1 Å². The van der Waals surface area contributed by atoms with Crippen molar-refractivity contribution in [3.63, 3.8) is 0 Å². The zero-order chi connectivity index (χ0) is 10.3. The Hall–Kier alpha value is -0.870. The average molecular weight is 254 g/mol. The summed E-state index contributed by atoms with van der Waals surface area (Å²) in [4.78, 5) is 4.47. The third-order valence-corrected chi connectivity index (χ3v) is 2.62. The van der Waals surface area contributed by atoms with Gasteiger partial charge in [-0.1, -0.05) is 0 Å². The zero-order valence-corrected chi connectivity index (χ0v) is 9.75. The van der Waals surface area contributed by atoms with Crippen LogP contribution >= 0.6 is 15.9 Å². The summed E-state index contributed by atoms with van der Waals surface area (Å²) in [6.07, 6.45) is 3.96. The fourth-order valence-electron chi connectivity index (χ4n) is 1.46. The number of nitrogens with two attached hydrogens (primary N) is 1. The first-order valence-corrected chi connectivity index (χ1v) is 5.27.